The second-order valence-corrected chi connectivity index (χ2v) is 9.17. The van der Waals surface area contributed by atoms with E-state index in [-0.39, 0.29) is 10.0 Å². The number of hydrogen-bond donors (Lipinski definition) is 0. The molecule has 0 aromatic rings. The van der Waals surface area contributed by atoms with Crippen molar-refractivity contribution < 1.29 is 38.2 Å². The smallest absolute Gasteiger partial charge is 0.306 e. The number of rotatable bonds is 8. The van der Waals surface area contributed by atoms with Crippen molar-refractivity contribution in [2.45, 2.75) is 78.4 Å². The van der Waals surface area contributed by atoms with Crippen LogP contribution in [0.1, 0.15) is 67.2 Å². The number of hydrazine groups is 1. The summed E-state index contributed by atoms with van der Waals surface area (Å²) in [5.41, 5.74) is -1.58. The Morgan fingerprint density at radius 1 is 0.562 bits per heavy atom. The van der Waals surface area contributed by atoms with E-state index in [4.69, 9.17) is 32.7 Å². The van der Waals surface area contributed by atoms with E-state index in [9.17, 15) is 28.8 Å². The van der Waals surface area contributed by atoms with Gasteiger partial charge in [-0.15, -0.1) is 23.2 Å². The zero-order chi connectivity index (χ0) is 25.3. The molecule has 0 rings (SSSR count). The van der Waals surface area contributed by atoms with E-state index >= 15 is 0 Å². The maximum absolute atomic E-state index is 12.7. The average molecular weight is 497 g/mol. The third-order valence-corrected chi connectivity index (χ3v) is 3.76. The van der Waals surface area contributed by atoms with Crippen LogP contribution in [0, 0.1) is 0 Å². The average Bonchev–Trinajstić information content (AvgIpc) is 2.64. The molecule has 0 aromatic heterocycles. The summed E-state index contributed by atoms with van der Waals surface area (Å²) in [5.74, 6) is -7.12. The molecule has 0 aromatic carbocycles. The van der Waals surface area contributed by atoms with Crippen LogP contribution in [0.2, 0.25) is 0 Å². The zero-order valence-corrected chi connectivity index (χ0v) is 20.7. The lowest BCUT2D eigenvalue weighted by atomic mass is 10.2. The summed E-state index contributed by atoms with van der Waals surface area (Å²) in [6, 6.07) is 0. The van der Waals surface area contributed by atoms with Gasteiger partial charge >= 0.3 is 11.9 Å². The summed E-state index contributed by atoms with van der Waals surface area (Å²) in [6.45, 7) is 9.83. The maximum atomic E-state index is 12.7. The third-order valence-electron chi connectivity index (χ3n) is 3.30. The van der Waals surface area contributed by atoms with Gasteiger partial charge in [0.05, 0.1) is 12.8 Å². The first kappa shape index (κ1) is 29.8. The molecule has 0 aliphatic rings. The molecule has 0 N–H and O–H groups in total. The van der Waals surface area contributed by atoms with Crippen molar-refractivity contribution >= 4 is 58.8 Å². The first-order valence-corrected chi connectivity index (χ1v) is 10.9. The van der Waals surface area contributed by atoms with Gasteiger partial charge in [-0.1, -0.05) is 0 Å². The van der Waals surface area contributed by atoms with Crippen molar-refractivity contribution in [3.63, 3.8) is 0 Å². The third kappa shape index (κ3) is 11.4. The van der Waals surface area contributed by atoms with Crippen LogP contribution in [0.5, 0.6) is 0 Å². The number of alkyl halides is 2. The molecule has 182 valence electrons. The molecule has 0 saturated heterocycles. The Bertz CT molecular complexity index is 679. The highest BCUT2D eigenvalue weighted by atomic mass is 35.5. The van der Waals surface area contributed by atoms with Crippen molar-refractivity contribution in [2.24, 2.45) is 0 Å². The van der Waals surface area contributed by atoms with Gasteiger partial charge in [-0.05, 0) is 41.5 Å². The Kier molecular flexibility index (Phi) is 11.9. The topological polar surface area (TPSA) is 127 Å². The van der Waals surface area contributed by atoms with Gasteiger partial charge < -0.3 is 9.47 Å². The van der Waals surface area contributed by atoms with Crippen LogP contribution >= 0.6 is 23.2 Å². The summed E-state index contributed by atoms with van der Waals surface area (Å²) >= 11 is 11.1. The lowest BCUT2D eigenvalue weighted by molar-refractivity contribution is -0.179. The summed E-state index contributed by atoms with van der Waals surface area (Å²) in [4.78, 5) is 73.7. The van der Waals surface area contributed by atoms with E-state index in [1.165, 1.54) is 0 Å². The minimum Gasteiger partial charge on any atom is -0.460 e. The van der Waals surface area contributed by atoms with Crippen LogP contribution in [-0.4, -0.2) is 68.5 Å². The second-order valence-electron chi connectivity index (χ2n) is 8.64. The van der Waals surface area contributed by atoms with Gasteiger partial charge in [-0.3, -0.25) is 28.8 Å². The molecule has 0 aliphatic carbocycles. The lowest BCUT2D eigenvalue weighted by Gasteiger charge is -2.31. The molecule has 0 radical (unpaired) electrons. The van der Waals surface area contributed by atoms with Crippen molar-refractivity contribution in [2.75, 3.05) is 11.8 Å². The minimum absolute atomic E-state index is 0.250. The number of carbonyl (C=O) groups excluding carboxylic acids is 6. The Morgan fingerprint density at radius 2 is 0.844 bits per heavy atom. The van der Waals surface area contributed by atoms with Gasteiger partial charge in [0.2, 0.25) is 11.8 Å². The first-order valence-electron chi connectivity index (χ1n) is 9.79. The lowest BCUT2D eigenvalue weighted by Crippen LogP contribution is -2.56. The molecule has 0 saturated carbocycles. The van der Waals surface area contributed by atoms with Gasteiger partial charge in [0.15, 0.2) is 0 Å². The van der Waals surface area contributed by atoms with E-state index in [2.05, 4.69) is 0 Å². The molecule has 0 fully saturated rings. The number of nitrogens with zero attached hydrogens (tertiary/aromatic N) is 2. The highest BCUT2D eigenvalue weighted by molar-refractivity contribution is 6.30. The fourth-order valence-electron chi connectivity index (χ4n) is 2.25. The molecule has 32 heavy (non-hydrogen) atoms. The number of carbonyl (C=O) groups is 6. The van der Waals surface area contributed by atoms with E-state index in [1.54, 1.807) is 41.5 Å². The molecule has 10 nitrogen and oxygen atoms in total. The summed E-state index contributed by atoms with van der Waals surface area (Å²) in [5, 5.41) is 0.499. The van der Waals surface area contributed by atoms with Crippen LogP contribution in [0.3, 0.4) is 0 Å². The van der Waals surface area contributed by atoms with Crippen molar-refractivity contribution in [1.82, 2.24) is 10.0 Å². The number of imide groups is 2. The second kappa shape index (κ2) is 12.7. The molecule has 0 unspecified atom stereocenters. The Morgan fingerprint density at radius 3 is 1.06 bits per heavy atom. The quantitative estimate of drug-likeness (QED) is 0.284. The molecule has 4 amide bonds. The highest BCUT2D eigenvalue weighted by Gasteiger charge is 2.36. The molecule has 0 spiro atoms. The summed E-state index contributed by atoms with van der Waals surface area (Å²) in [6.07, 6.45) is -1.89. The zero-order valence-electron chi connectivity index (χ0n) is 19.2. The minimum atomic E-state index is -1.08. The number of ether oxygens (including phenoxy) is 2. The largest absolute Gasteiger partial charge is 0.460 e. The number of esters is 2. The van der Waals surface area contributed by atoms with Gasteiger partial charge in [0.1, 0.15) is 23.0 Å². The predicted octanol–water partition coefficient (Wildman–Crippen LogP) is 2.33. The molecule has 0 aliphatic heterocycles. The molecule has 12 heteroatoms. The molecule has 0 bridgehead atoms. The van der Waals surface area contributed by atoms with Gasteiger partial charge in [0, 0.05) is 12.8 Å². The normalized spacial score (nSPS) is 11.4. The van der Waals surface area contributed by atoms with E-state index in [1.807, 2.05) is 0 Å². The Hall–Kier alpha value is -2.20. The highest BCUT2D eigenvalue weighted by Crippen LogP contribution is 2.15. The predicted molar refractivity (Wildman–Crippen MR) is 115 cm³/mol. The number of amides is 4. The van der Waals surface area contributed by atoms with Crippen molar-refractivity contribution in [3.8, 4) is 0 Å². The number of hydrogen-bond acceptors (Lipinski definition) is 8. The molecular formula is C20H30Cl2N2O8. The van der Waals surface area contributed by atoms with Crippen LogP contribution in [-0.2, 0) is 38.2 Å². The van der Waals surface area contributed by atoms with Crippen molar-refractivity contribution in [3.05, 3.63) is 0 Å². The van der Waals surface area contributed by atoms with Crippen LogP contribution in [0.15, 0.2) is 0 Å². The van der Waals surface area contributed by atoms with E-state index in [0.717, 1.165) is 0 Å². The van der Waals surface area contributed by atoms with Crippen LogP contribution in [0.4, 0.5) is 0 Å². The van der Waals surface area contributed by atoms with E-state index < -0.39 is 84.2 Å². The van der Waals surface area contributed by atoms with Gasteiger partial charge in [-0.2, -0.15) is 10.0 Å². The first-order chi connectivity index (χ1) is 14.5. The molecule has 0 heterocycles. The fourth-order valence-corrected chi connectivity index (χ4v) is 2.48. The maximum Gasteiger partial charge on any atom is 0.306 e. The Labute approximate surface area is 197 Å². The van der Waals surface area contributed by atoms with E-state index in [0.29, 0.717) is 0 Å². The monoisotopic (exact) mass is 496 g/mol. The van der Waals surface area contributed by atoms with Crippen LogP contribution in [0.25, 0.3) is 0 Å². The summed E-state index contributed by atoms with van der Waals surface area (Å²) < 4.78 is 10.2. The summed E-state index contributed by atoms with van der Waals surface area (Å²) in [7, 11) is 0. The number of halogens is 2. The van der Waals surface area contributed by atoms with Crippen LogP contribution < -0.4 is 0 Å². The standard InChI is InChI=1S/C20H30Cl2N2O8/c1-19(2,3)31-17(29)9-7-13(25)23(15(27)11-21)24(16(28)12-22)14(26)8-10-18(30)32-20(4,5)6/h7-12H2,1-6H3. The SMILES string of the molecule is CC(C)(C)OC(=O)CCC(=O)N(C(=O)CCl)N(C(=O)CCl)C(=O)CCC(=O)OC(C)(C)C. The van der Waals surface area contributed by atoms with Gasteiger partial charge in [-0.25, -0.2) is 0 Å². The molecule has 0 atom stereocenters. The van der Waals surface area contributed by atoms with Gasteiger partial charge in [0.25, 0.3) is 11.8 Å². The fraction of sp³-hybridized carbons (Fsp3) is 0.700. The van der Waals surface area contributed by atoms with Crippen molar-refractivity contribution in [1.29, 1.82) is 0 Å². The molecular weight excluding hydrogens is 467 g/mol. The Balaban J connectivity index is 5.54.